The summed E-state index contributed by atoms with van der Waals surface area (Å²) in [6.45, 7) is -5.48. The van der Waals surface area contributed by atoms with E-state index in [2.05, 4.69) is 0 Å². The zero-order valence-corrected chi connectivity index (χ0v) is 48.9. The van der Waals surface area contributed by atoms with Crippen LogP contribution in [-0.2, 0) is 61.8 Å². The minimum atomic E-state index is -2.96. The Bertz CT molecular complexity index is 2930. The van der Waals surface area contributed by atoms with Crippen molar-refractivity contribution in [1.82, 2.24) is 0 Å². The normalized spacial score (nSPS) is 32.0. The quantitative estimate of drug-likeness (QED) is 0.0208. The van der Waals surface area contributed by atoms with E-state index >= 15 is 0 Å². The van der Waals surface area contributed by atoms with Gasteiger partial charge in [0.05, 0.1) is 62.5 Å². The number of ether oxygens (including phenoxy) is 16. The number of carbonyl (C=O) groups is 3. The third kappa shape index (κ3) is 15.6. The van der Waals surface area contributed by atoms with Crippen LogP contribution in [0.1, 0.15) is 16.7 Å². The molecule has 3 aromatic carbocycles. The van der Waals surface area contributed by atoms with Crippen LogP contribution in [0.15, 0.2) is 54.6 Å². The lowest BCUT2D eigenvalue weighted by Crippen LogP contribution is -2.67. The molecule has 90 heavy (non-hydrogen) atoms. The number of methoxy groups -OCH3 is 6. The van der Waals surface area contributed by atoms with Crippen molar-refractivity contribution in [3.63, 3.8) is 0 Å². The zero-order valence-electron chi connectivity index (χ0n) is 48.9. The molecule has 0 aliphatic carbocycles. The molecule has 4 heterocycles. The first-order valence-corrected chi connectivity index (χ1v) is 27.3. The van der Waals surface area contributed by atoms with Crippen molar-refractivity contribution in [3.8, 4) is 51.7 Å². The van der Waals surface area contributed by atoms with E-state index in [9.17, 15) is 85.9 Å². The van der Waals surface area contributed by atoms with E-state index in [0.717, 1.165) is 24.3 Å². The number of phenolic OH excluding ortho intramolecular Hbond substituents is 3. The molecule has 0 spiro atoms. The lowest BCUT2D eigenvalue weighted by atomic mass is 9.96. The number of esters is 3. The van der Waals surface area contributed by atoms with Gasteiger partial charge in [-0.3, -0.25) is 0 Å². The molecule has 0 aromatic heterocycles. The minimum Gasteiger partial charge on any atom is -0.502 e. The third-order valence-corrected chi connectivity index (χ3v) is 14.7. The lowest BCUT2D eigenvalue weighted by Gasteiger charge is -2.49. The number of hydrogen-bond donors (Lipinski definition) is 14. The van der Waals surface area contributed by atoms with Crippen molar-refractivity contribution in [1.29, 1.82) is 0 Å². The molecule has 19 atom stereocenters. The second-order valence-electron chi connectivity index (χ2n) is 20.3. The number of aromatic hydroxyl groups is 3. The Balaban J connectivity index is 1.25. The molecule has 4 aliphatic heterocycles. The standard InChI is InChI=1S/C57H72O33/c1-75-27-13-24(14-28(76-2)40(27)65)7-10-37(62)81-22-36-44(69)46(71)52(88-55-49(74)47(72)50(34(20-59)83-55)87-54-48(73)45(70)43(68)33(19-58)82-54)56(84-36)90-57(23-61)53(86-39(64)12-9-26-17-31(79-5)42(67)32(18-26)80-6)51(35(21-60)89-57)85-38(63)11-8-25-15-29(77-3)41(66)30(16-25)78-4/h7-18,33-36,43-56,58-61,65-74H,19-23H2,1-6H3/t33-,34-,35-,36-,43-,44-,45+,46+,47-,48-,49-,50-,51-,52-,53+,54+,55+,56-,57+/m1/s1. The largest absolute Gasteiger partial charge is 0.502 e. The Kier molecular flexibility index (Phi) is 24.3. The highest BCUT2D eigenvalue weighted by Gasteiger charge is 2.64. The van der Waals surface area contributed by atoms with Gasteiger partial charge in [-0.15, -0.1) is 0 Å². The van der Waals surface area contributed by atoms with Gasteiger partial charge in [0.25, 0.3) is 0 Å². The first-order valence-electron chi connectivity index (χ1n) is 27.3. The van der Waals surface area contributed by atoms with Crippen LogP contribution >= 0.6 is 0 Å². The van der Waals surface area contributed by atoms with Gasteiger partial charge in [-0.05, 0) is 71.3 Å². The van der Waals surface area contributed by atoms with E-state index in [1.807, 2.05) is 0 Å². The number of aliphatic hydroxyl groups is 11. The number of benzene rings is 3. The summed E-state index contributed by atoms with van der Waals surface area (Å²) in [6.07, 6.45) is -30.7. The van der Waals surface area contributed by atoms with E-state index in [1.54, 1.807) is 0 Å². The molecule has 3 aromatic rings. The van der Waals surface area contributed by atoms with Crippen LogP contribution in [0.25, 0.3) is 18.2 Å². The van der Waals surface area contributed by atoms with Crippen LogP contribution < -0.4 is 28.4 Å². The van der Waals surface area contributed by atoms with Crippen molar-refractivity contribution in [3.05, 3.63) is 71.3 Å². The Hall–Kier alpha value is -7.23. The predicted octanol–water partition coefficient (Wildman–Crippen LogP) is -3.79. The first kappa shape index (κ1) is 70.2. The summed E-state index contributed by atoms with van der Waals surface area (Å²) in [7, 11) is 7.53. The molecule has 4 saturated heterocycles. The molecule has 0 unspecified atom stereocenters. The summed E-state index contributed by atoms with van der Waals surface area (Å²) >= 11 is 0. The van der Waals surface area contributed by atoms with Gasteiger partial charge in [-0.2, -0.15) is 0 Å². The number of hydrogen-bond acceptors (Lipinski definition) is 33. The summed E-state index contributed by atoms with van der Waals surface area (Å²) < 4.78 is 89.5. The maximum Gasteiger partial charge on any atom is 0.331 e. The fourth-order valence-electron chi connectivity index (χ4n) is 9.91. The Labute approximate surface area is 511 Å². The third-order valence-electron chi connectivity index (χ3n) is 14.7. The second kappa shape index (κ2) is 31.2. The van der Waals surface area contributed by atoms with Crippen molar-refractivity contribution in [2.24, 2.45) is 0 Å². The Morgan fingerprint density at radius 3 is 1.26 bits per heavy atom. The lowest BCUT2D eigenvalue weighted by molar-refractivity contribution is -0.412. The first-order chi connectivity index (χ1) is 43.0. The van der Waals surface area contributed by atoms with Crippen LogP contribution in [0, 0.1) is 0 Å². The molecule has 0 amide bonds. The van der Waals surface area contributed by atoms with E-state index in [4.69, 9.17) is 75.8 Å². The average molecular weight is 1290 g/mol. The molecule has 4 fully saturated rings. The molecule has 0 radical (unpaired) electrons. The topological polar surface area (TPSA) is 482 Å². The van der Waals surface area contributed by atoms with Gasteiger partial charge in [0.15, 0.2) is 65.6 Å². The van der Waals surface area contributed by atoms with Crippen LogP contribution in [0.4, 0.5) is 0 Å². The van der Waals surface area contributed by atoms with Crippen molar-refractivity contribution >= 4 is 36.1 Å². The van der Waals surface area contributed by atoms with Gasteiger partial charge < -0.3 is 147 Å². The van der Waals surface area contributed by atoms with Crippen LogP contribution in [0.5, 0.6) is 51.7 Å². The highest BCUT2D eigenvalue weighted by Crippen LogP contribution is 2.43. The van der Waals surface area contributed by atoms with Gasteiger partial charge >= 0.3 is 17.9 Å². The average Bonchev–Trinajstić information content (AvgIpc) is 1.52. The molecule has 498 valence electrons. The molecule has 4 aliphatic rings. The van der Waals surface area contributed by atoms with E-state index in [1.165, 1.54) is 91.2 Å². The Morgan fingerprint density at radius 1 is 0.444 bits per heavy atom. The fraction of sp³-hybridized carbons (Fsp3) is 0.526. The molecular weight excluding hydrogens is 1210 g/mol. The molecule has 14 N–H and O–H groups in total. The maximum atomic E-state index is 14.1. The SMILES string of the molecule is COc1cc(C=CC(=O)OC[C@H]2O[C@H](O[C@]3(CO)O[C@H](CO)[C@@H](OC(=O)C=Cc4cc(OC)c(O)c(OC)c4)[C@@H]3OC(=O)C=Cc3cc(OC)c(O)c(OC)c3)[C@H](O[C@@H]3O[C@H](CO)[C@@H](O[C@@H]4O[C@H](CO)[C@@H](O)[C@H](O)[C@H]4O)[C@H](O)[C@H]3O)[C@@H](O)[C@@H]2O)cc(OC)c1O. The summed E-state index contributed by atoms with van der Waals surface area (Å²) in [5.74, 6) is -8.04. The highest BCUT2D eigenvalue weighted by atomic mass is 16.8. The van der Waals surface area contributed by atoms with Crippen molar-refractivity contribution in [2.45, 2.75) is 116 Å². The van der Waals surface area contributed by atoms with E-state index in [0.29, 0.717) is 0 Å². The van der Waals surface area contributed by atoms with Crippen LogP contribution in [0.2, 0.25) is 0 Å². The van der Waals surface area contributed by atoms with E-state index < -0.39 is 167 Å². The minimum absolute atomic E-state index is 0.0248. The van der Waals surface area contributed by atoms with Crippen LogP contribution in [-0.4, -0.2) is 281 Å². The molecular formula is C57H72O33. The second-order valence-corrected chi connectivity index (χ2v) is 20.3. The summed E-state index contributed by atoms with van der Waals surface area (Å²) in [6, 6.07) is 7.94. The van der Waals surface area contributed by atoms with Gasteiger partial charge in [0, 0.05) is 18.2 Å². The number of phenols is 3. The van der Waals surface area contributed by atoms with Crippen LogP contribution in [0.3, 0.4) is 0 Å². The molecule has 7 rings (SSSR count). The van der Waals surface area contributed by atoms with E-state index in [-0.39, 0.29) is 68.4 Å². The number of carbonyl (C=O) groups excluding carboxylic acids is 3. The van der Waals surface area contributed by atoms with Gasteiger partial charge in [0.1, 0.15) is 92.6 Å². The Morgan fingerprint density at radius 2 is 0.822 bits per heavy atom. The molecule has 33 heteroatoms. The van der Waals surface area contributed by atoms with Crippen molar-refractivity contribution < 1.29 is 162 Å². The van der Waals surface area contributed by atoms with Gasteiger partial charge in [-0.1, -0.05) is 0 Å². The van der Waals surface area contributed by atoms with Crippen molar-refractivity contribution in [2.75, 3.05) is 75.7 Å². The monoisotopic (exact) mass is 1280 g/mol. The highest BCUT2D eigenvalue weighted by molar-refractivity contribution is 5.89. The number of aliphatic hydroxyl groups excluding tert-OH is 11. The smallest absolute Gasteiger partial charge is 0.331 e. The van der Waals surface area contributed by atoms with Gasteiger partial charge in [0.2, 0.25) is 23.0 Å². The molecule has 0 bridgehead atoms. The fourth-order valence-corrected chi connectivity index (χ4v) is 9.91. The summed E-state index contributed by atoms with van der Waals surface area (Å²) in [5.41, 5.74) is 0.649. The summed E-state index contributed by atoms with van der Waals surface area (Å²) in [4.78, 5) is 41.2. The number of rotatable bonds is 26. The predicted molar refractivity (Wildman–Crippen MR) is 296 cm³/mol. The maximum absolute atomic E-state index is 14.1. The zero-order chi connectivity index (χ0) is 65.9. The molecule has 33 nitrogen and oxygen atoms in total. The summed E-state index contributed by atoms with van der Waals surface area (Å²) in [5, 5.41) is 152. The van der Waals surface area contributed by atoms with Gasteiger partial charge in [-0.25, -0.2) is 14.4 Å². The molecule has 0 saturated carbocycles.